The Bertz CT molecular complexity index is 506. The molecular formula is C14H19N5. The third-order valence-electron chi connectivity index (χ3n) is 3.02. The van der Waals surface area contributed by atoms with Gasteiger partial charge in [0, 0.05) is 30.7 Å². The Hall–Kier alpha value is -1.85. The molecule has 5 nitrogen and oxygen atoms in total. The maximum atomic E-state index is 5.59. The molecule has 0 bridgehead atoms. The van der Waals surface area contributed by atoms with Crippen LogP contribution in [0, 0.1) is 6.92 Å². The Morgan fingerprint density at radius 2 is 1.89 bits per heavy atom. The number of nitrogens with zero attached hydrogens (tertiary/aromatic N) is 3. The summed E-state index contributed by atoms with van der Waals surface area (Å²) in [5.41, 5.74) is 5.99. The van der Waals surface area contributed by atoms with E-state index >= 15 is 0 Å². The summed E-state index contributed by atoms with van der Waals surface area (Å²) in [6, 6.07) is 3.99. The topological polar surface area (TPSA) is 76.7 Å². The van der Waals surface area contributed by atoms with Gasteiger partial charge in [0.05, 0.1) is 6.04 Å². The van der Waals surface area contributed by atoms with E-state index in [0.29, 0.717) is 12.2 Å². The summed E-state index contributed by atoms with van der Waals surface area (Å²) in [6.45, 7) is 4.07. The van der Waals surface area contributed by atoms with E-state index in [1.54, 1.807) is 12.4 Å². The largest absolute Gasteiger partial charge is 0.271 e. The summed E-state index contributed by atoms with van der Waals surface area (Å²) in [5, 5.41) is 0. The number of pyridine rings is 1. The average Bonchev–Trinajstić information content (AvgIpc) is 2.46. The lowest BCUT2D eigenvalue weighted by molar-refractivity contribution is 0.517. The average molecular weight is 257 g/mol. The second-order valence-corrected chi connectivity index (χ2v) is 4.55. The van der Waals surface area contributed by atoms with E-state index in [1.165, 1.54) is 5.56 Å². The number of hydrogen-bond donors (Lipinski definition) is 2. The SMILES string of the molecule is CCc1ccc(CC(NN)c2ncc(C)cn2)nc1. The lowest BCUT2D eigenvalue weighted by Gasteiger charge is -2.14. The fourth-order valence-electron chi connectivity index (χ4n) is 1.80. The van der Waals surface area contributed by atoms with Crippen molar-refractivity contribution in [1.29, 1.82) is 0 Å². The summed E-state index contributed by atoms with van der Waals surface area (Å²) < 4.78 is 0. The van der Waals surface area contributed by atoms with Gasteiger partial charge in [0.25, 0.3) is 0 Å². The number of hydrazine groups is 1. The van der Waals surface area contributed by atoms with Crippen LogP contribution in [0.25, 0.3) is 0 Å². The second-order valence-electron chi connectivity index (χ2n) is 4.55. The highest BCUT2D eigenvalue weighted by Crippen LogP contribution is 2.13. The van der Waals surface area contributed by atoms with Gasteiger partial charge in [-0.25, -0.2) is 15.4 Å². The van der Waals surface area contributed by atoms with Crippen LogP contribution in [0.4, 0.5) is 0 Å². The van der Waals surface area contributed by atoms with Crippen LogP contribution in [0.3, 0.4) is 0 Å². The van der Waals surface area contributed by atoms with Gasteiger partial charge in [-0.15, -0.1) is 0 Å². The zero-order valence-corrected chi connectivity index (χ0v) is 11.3. The van der Waals surface area contributed by atoms with Gasteiger partial charge in [-0.3, -0.25) is 10.8 Å². The molecule has 3 N–H and O–H groups in total. The maximum Gasteiger partial charge on any atom is 0.146 e. The first-order valence-electron chi connectivity index (χ1n) is 6.41. The predicted molar refractivity (Wildman–Crippen MR) is 74.2 cm³/mol. The van der Waals surface area contributed by atoms with Crippen molar-refractivity contribution in [3.8, 4) is 0 Å². The Labute approximate surface area is 113 Å². The highest BCUT2D eigenvalue weighted by Gasteiger charge is 2.14. The minimum absolute atomic E-state index is 0.124. The number of aryl methyl sites for hydroxylation is 2. The normalized spacial score (nSPS) is 12.4. The van der Waals surface area contributed by atoms with Crippen LogP contribution in [0.2, 0.25) is 0 Å². The fourth-order valence-corrected chi connectivity index (χ4v) is 1.80. The van der Waals surface area contributed by atoms with Crippen LogP contribution in [-0.4, -0.2) is 15.0 Å². The summed E-state index contributed by atoms with van der Waals surface area (Å²) in [5.74, 6) is 6.28. The molecule has 2 aromatic rings. The first kappa shape index (κ1) is 13.6. The minimum Gasteiger partial charge on any atom is -0.271 e. The van der Waals surface area contributed by atoms with E-state index in [1.807, 2.05) is 19.2 Å². The lowest BCUT2D eigenvalue weighted by Crippen LogP contribution is -2.31. The zero-order valence-electron chi connectivity index (χ0n) is 11.3. The van der Waals surface area contributed by atoms with Gasteiger partial charge in [0.2, 0.25) is 0 Å². The third-order valence-corrected chi connectivity index (χ3v) is 3.02. The standard InChI is InChI=1S/C14H19N5/c1-3-11-4-5-12(16-9-11)6-13(19-15)14-17-7-10(2)8-18-14/h4-5,7-9,13,19H,3,6,15H2,1-2H3. The van der Waals surface area contributed by atoms with E-state index in [2.05, 4.69) is 33.4 Å². The van der Waals surface area contributed by atoms with Crippen LogP contribution in [0.1, 0.15) is 35.6 Å². The molecule has 0 fully saturated rings. The van der Waals surface area contributed by atoms with E-state index in [4.69, 9.17) is 5.84 Å². The van der Waals surface area contributed by atoms with Crippen LogP contribution in [0.15, 0.2) is 30.7 Å². The Balaban J connectivity index is 2.11. The highest BCUT2D eigenvalue weighted by atomic mass is 15.2. The van der Waals surface area contributed by atoms with E-state index in [-0.39, 0.29) is 6.04 Å². The van der Waals surface area contributed by atoms with Crippen LogP contribution >= 0.6 is 0 Å². The van der Waals surface area contributed by atoms with Crippen molar-refractivity contribution in [2.75, 3.05) is 0 Å². The maximum absolute atomic E-state index is 5.59. The number of hydrogen-bond acceptors (Lipinski definition) is 5. The molecule has 0 aliphatic carbocycles. The molecule has 2 aromatic heterocycles. The van der Waals surface area contributed by atoms with E-state index in [0.717, 1.165) is 17.7 Å². The van der Waals surface area contributed by atoms with Crippen LogP contribution < -0.4 is 11.3 Å². The summed E-state index contributed by atoms with van der Waals surface area (Å²) in [7, 11) is 0. The van der Waals surface area contributed by atoms with Gasteiger partial charge in [-0.1, -0.05) is 13.0 Å². The van der Waals surface area contributed by atoms with Gasteiger partial charge in [0.15, 0.2) is 0 Å². The van der Waals surface area contributed by atoms with Gasteiger partial charge < -0.3 is 0 Å². The summed E-state index contributed by atoms with van der Waals surface area (Å²) in [4.78, 5) is 13.0. The molecule has 0 amide bonds. The predicted octanol–water partition coefficient (Wildman–Crippen LogP) is 1.49. The molecule has 0 saturated carbocycles. The van der Waals surface area contributed by atoms with Crippen molar-refractivity contribution in [3.63, 3.8) is 0 Å². The number of aromatic nitrogens is 3. The third kappa shape index (κ3) is 3.56. The molecule has 2 heterocycles. The van der Waals surface area contributed by atoms with Gasteiger partial charge >= 0.3 is 0 Å². The van der Waals surface area contributed by atoms with Crippen molar-refractivity contribution in [2.45, 2.75) is 32.7 Å². The first-order chi connectivity index (χ1) is 9.22. The molecule has 0 saturated heterocycles. The highest BCUT2D eigenvalue weighted by molar-refractivity contribution is 5.16. The van der Waals surface area contributed by atoms with E-state index < -0.39 is 0 Å². The van der Waals surface area contributed by atoms with Crippen molar-refractivity contribution in [1.82, 2.24) is 20.4 Å². The van der Waals surface area contributed by atoms with Crippen molar-refractivity contribution in [2.24, 2.45) is 5.84 Å². The zero-order chi connectivity index (χ0) is 13.7. The molecule has 0 aromatic carbocycles. The Morgan fingerprint density at radius 3 is 2.42 bits per heavy atom. The molecule has 0 spiro atoms. The van der Waals surface area contributed by atoms with Gasteiger partial charge in [-0.2, -0.15) is 0 Å². The van der Waals surface area contributed by atoms with Gasteiger partial charge in [-0.05, 0) is 30.5 Å². The smallest absolute Gasteiger partial charge is 0.146 e. The van der Waals surface area contributed by atoms with Crippen molar-refractivity contribution < 1.29 is 0 Å². The van der Waals surface area contributed by atoms with Crippen LogP contribution in [0.5, 0.6) is 0 Å². The quantitative estimate of drug-likeness (QED) is 0.627. The molecule has 5 heteroatoms. The molecule has 19 heavy (non-hydrogen) atoms. The molecule has 2 rings (SSSR count). The van der Waals surface area contributed by atoms with Crippen molar-refractivity contribution >= 4 is 0 Å². The first-order valence-corrected chi connectivity index (χ1v) is 6.41. The van der Waals surface area contributed by atoms with Crippen molar-refractivity contribution in [3.05, 3.63) is 53.4 Å². The Kier molecular flexibility index (Phi) is 4.54. The number of nitrogens with one attached hydrogen (secondary N) is 1. The van der Waals surface area contributed by atoms with E-state index in [9.17, 15) is 0 Å². The minimum atomic E-state index is -0.124. The monoisotopic (exact) mass is 257 g/mol. The molecule has 0 radical (unpaired) electrons. The lowest BCUT2D eigenvalue weighted by atomic mass is 10.1. The molecular weight excluding hydrogens is 238 g/mol. The van der Waals surface area contributed by atoms with Gasteiger partial charge in [0.1, 0.15) is 5.82 Å². The summed E-state index contributed by atoms with van der Waals surface area (Å²) >= 11 is 0. The number of nitrogens with two attached hydrogens (primary N) is 1. The summed E-state index contributed by atoms with van der Waals surface area (Å²) in [6.07, 6.45) is 7.15. The van der Waals surface area contributed by atoms with Crippen LogP contribution in [-0.2, 0) is 12.8 Å². The molecule has 1 unspecified atom stereocenters. The molecule has 100 valence electrons. The fraction of sp³-hybridized carbons (Fsp3) is 0.357. The molecule has 0 aliphatic rings. The molecule has 1 atom stereocenters. The molecule has 0 aliphatic heterocycles. The number of rotatable bonds is 5. The Morgan fingerprint density at radius 1 is 1.16 bits per heavy atom. The second kappa shape index (κ2) is 6.36.